The minimum absolute atomic E-state index is 0.252. The van der Waals surface area contributed by atoms with Gasteiger partial charge in [-0.2, -0.15) is 4.98 Å². The molecule has 0 spiro atoms. The third-order valence-electron chi connectivity index (χ3n) is 5.58. The second-order valence-electron chi connectivity index (χ2n) is 7.71. The number of nitrogens with zero attached hydrogens (tertiary/aromatic N) is 5. The van der Waals surface area contributed by atoms with E-state index in [2.05, 4.69) is 19.9 Å². The first-order chi connectivity index (χ1) is 14.7. The summed E-state index contributed by atoms with van der Waals surface area (Å²) in [5.41, 5.74) is 0. The zero-order valence-electron chi connectivity index (χ0n) is 17.5. The Balaban J connectivity index is 1.18. The van der Waals surface area contributed by atoms with Crippen LogP contribution in [-0.2, 0) is 17.9 Å². The highest BCUT2D eigenvalue weighted by Gasteiger charge is 2.24. The molecule has 2 saturated heterocycles. The van der Waals surface area contributed by atoms with Gasteiger partial charge >= 0.3 is 0 Å². The van der Waals surface area contributed by atoms with Gasteiger partial charge < -0.3 is 18.9 Å². The molecule has 3 heterocycles. The lowest BCUT2D eigenvalue weighted by atomic mass is 10.3. The number of carbonyl (C=O) groups is 1. The van der Waals surface area contributed by atoms with Crippen molar-refractivity contribution in [2.75, 3.05) is 52.9 Å². The number of hydrogen-bond acceptors (Lipinski definition) is 8. The Morgan fingerprint density at radius 3 is 2.37 bits per heavy atom. The SMILES string of the molecule is COc1ccc(OCc2noc(CN3CCN(CC(=O)N4CCCC4)CC3)n2)cc1. The van der Waals surface area contributed by atoms with Crippen LogP contribution in [0.25, 0.3) is 0 Å². The molecule has 4 rings (SSSR count). The molecule has 2 aliphatic rings. The molecule has 30 heavy (non-hydrogen) atoms. The minimum Gasteiger partial charge on any atom is -0.497 e. The Morgan fingerprint density at radius 2 is 1.67 bits per heavy atom. The normalized spacial score (nSPS) is 18.0. The maximum absolute atomic E-state index is 12.3. The number of benzene rings is 1. The van der Waals surface area contributed by atoms with Crippen LogP contribution < -0.4 is 9.47 Å². The van der Waals surface area contributed by atoms with E-state index in [1.165, 1.54) is 0 Å². The van der Waals surface area contributed by atoms with Gasteiger partial charge in [-0.15, -0.1) is 0 Å². The lowest BCUT2D eigenvalue weighted by Gasteiger charge is -2.34. The average molecular weight is 415 g/mol. The first-order valence-electron chi connectivity index (χ1n) is 10.5. The molecule has 9 nitrogen and oxygen atoms in total. The number of likely N-dealkylation sites (tertiary alicyclic amines) is 1. The highest BCUT2D eigenvalue weighted by molar-refractivity contribution is 5.78. The van der Waals surface area contributed by atoms with Crippen LogP contribution in [0.15, 0.2) is 28.8 Å². The summed E-state index contributed by atoms with van der Waals surface area (Å²) >= 11 is 0. The van der Waals surface area contributed by atoms with Crippen LogP contribution in [0.2, 0.25) is 0 Å². The van der Waals surface area contributed by atoms with Crippen molar-refractivity contribution in [3.05, 3.63) is 36.0 Å². The van der Waals surface area contributed by atoms with Crippen molar-refractivity contribution in [3.8, 4) is 11.5 Å². The molecule has 0 bridgehead atoms. The van der Waals surface area contributed by atoms with Crippen molar-refractivity contribution in [1.29, 1.82) is 0 Å². The van der Waals surface area contributed by atoms with E-state index in [4.69, 9.17) is 14.0 Å². The fourth-order valence-electron chi connectivity index (χ4n) is 3.79. The van der Waals surface area contributed by atoms with Crippen molar-refractivity contribution >= 4 is 5.91 Å². The summed E-state index contributed by atoms with van der Waals surface area (Å²) in [5, 5.41) is 4.01. The molecule has 1 amide bonds. The quantitative estimate of drug-likeness (QED) is 0.640. The number of aromatic nitrogens is 2. The average Bonchev–Trinajstić information content (AvgIpc) is 3.46. The summed E-state index contributed by atoms with van der Waals surface area (Å²) in [6.07, 6.45) is 2.27. The van der Waals surface area contributed by atoms with E-state index in [1.807, 2.05) is 29.2 Å². The number of hydrogen-bond donors (Lipinski definition) is 0. The lowest BCUT2D eigenvalue weighted by Crippen LogP contribution is -2.49. The third-order valence-corrected chi connectivity index (χ3v) is 5.58. The van der Waals surface area contributed by atoms with Gasteiger partial charge in [0.1, 0.15) is 11.5 Å². The maximum atomic E-state index is 12.3. The van der Waals surface area contributed by atoms with Crippen LogP contribution in [0, 0.1) is 0 Å². The van der Waals surface area contributed by atoms with E-state index in [1.54, 1.807) is 7.11 Å². The molecule has 1 aromatic heterocycles. The molecule has 0 radical (unpaired) electrons. The Morgan fingerprint density at radius 1 is 1.00 bits per heavy atom. The summed E-state index contributed by atoms with van der Waals surface area (Å²) in [6, 6.07) is 7.37. The van der Waals surface area contributed by atoms with Crippen LogP contribution in [-0.4, -0.2) is 83.7 Å². The van der Waals surface area contributed by atoms with Crippen LogP contribution in [0.1, 0.15) is 24.6 Å². The van der Waals surface area contributed by atoms with Crippen molar-refractivity contribution in [2.45, 2.75) is 26.0 Å². The molecule has 2 aliphatic heterocycles. The van der Waals surface area contributed by atoms with Crippen molar-refractivity contribution in [3.63, 3.8) is 0 Å². The molecule has 0 aliphatic carbocycles. The highest BCUT2D eigenvalue weighted by Crippen LogP contribution is 2.18. The molecule has 1 aromatic carbocycles. The summed E-state index contributed by atoms with van der Waals surface area (Å²) < 4.78 is 16.2. The summed E-state index contributed by atoms with van der Waals surface area (Å²) in [7, 11) is 1.63. The Kier molecular flexibility index (Phi) is 6.81. The predicted molar refractivity (Wildman–Crippen MR) is 109 cm³/mol. The smallest absolute Gasteiger partial charge is 0.240 e. The van der Waals surface area contributed by atoms with E-state index in [9.17, 15) is 4.79 Å². The highest BCUT2D eigenvalue weighted by atomic mass is 16.5. The maximum Gasteiger partial charge on any atom is 0.240 e. The number of rotatable bonds is 8. The summed E-state index contributed by atoms with van der Waals surface area (Å²) in [5.74, 6) is 2.88. The Labute approximate surface area is 176 Å². The molecule has 162 valence electrons. The van der Waals surface area contributed by atoms with Gasteiger partial charge in [0.15, 0.2) is 6.61 Å². The fraction of sp³-hybridized carbons (Fsp3) is 0.571. The van der Waals surface area contributed by atoms with Crippen LogP contribution >= 0.6 is 0 Å². The molecule has 0 atom stereocenters. The van der Waals surface area contributed by atoms with E-state index < -0.39 is 0 Å². The number of carbonyl (C=O) groups excluding carboxylic acids is 1. The fourth-order valence-corrected chi connectivity index (χ4v) is 3.79. The van der Waals surface area contributed by atoms with Gasteiger partial charge in [-0.1, -0.05) is 5.16 Å². The number of piperazine rings is 1. The molecular formula is C21H29N5O4. The standard InChI is InChI=1S/C21H29N5O4/c1-28-17-4-6-18(7-5-17)29-16-19-22-20(30-23-19)14-24-10-12-25(13-11-24)15-21(27)26-8-2-3-9-26/h4-7H,2-3,8-16H2,1H3. The van der Waals surface area contributed by atoms with Gasteiger partial charge in [0.2, 0.25) is 17.6 Å². The molecule has 2 fully saturated rings. The van der Waals surface area contributed by atoms with E-state index >= 15 is 0 Å². The number of amides is 1. The zero-order chi connectivity index (χ0) is 20.8. The topological polar surface area (TPSA) is 84.2 Å². The summed E-state index contributed by atoms with van der Waals surface area (Å²) in [4.78, 5) is 23.2. The second kappa shape index (κ2) is 9.90. The molecule has 0 N–H and O–H groups in total. The molecular weight excluding hydrogens is 386 g/mol. The molecule has 9 heteroatoms. The van der Waals surface area contributed by atoms with Gasteiger partial charge in [0.25, 0.3) is 0 Å². The molecule has 0 unspecified atom stereocenters. The van der Waals surface area contributed by atoms with Gasteiger partial charge in [-0.3, -0.25) is 14.6 Å². The van der Waals surface area contributed by atoms with Crippen molar-refractivity contribution in [1.82, 2.24) is 24.8 Å². The first-order valence-corrected chi connectivity index (χ1v) is 10.5. The second-order valence-corrected chi connectivity index (χ2v) is 7.71. The molecule has 0 saturated carbocycles. The number of ether oxygens (including phenoxy) is 2. The summed E-state index contributed by atoms with van der Waals surface area (Å²) in [6.45, 7) is 6.75. The van der Waals surface area contributed by atoms with E-state index in [0.717, 1.165) is 63.6 Å². The van der Waals surface area contributed by atoms with Crippen LogP contribution in [0.3, 0.4) is 0 Å². The molecule has 2 aromatic rings. The third kappa shape index (κ3) is 5.48. The van der Waals surface area contributed by atoms with Gasteiger partial charge in [-0.05, 0) is 37.1 Å². The largest absolute Gasteiger partial charge is 0.497 e. The number of methoxy groups -OCH3 is 1. The lowest BCUT2D eigenvalue weighted by molar-refractivity contribution is -0.131. The monoisotopic (exact) mass is 415 g/mol. The predicted octanol–water partition coefficient (Wildman–Crippen LogP) is 1.40. The first kappa shape index (κ1) is 20.6. The van der Waals surface area contributed by atoms with Crippen LogP contribution in [0.5, 0.6) is 11.5 Å². The van der Waals surface area contributed by atoms with Crippen LogP contribution in [0.4, 0.5) is 0 Å². The Bertz CT molecular complexity index is 811. The van der Waals surface area contributed by atoms with E-state index in [-0.39, 0.29) is 12.5 Å². The van der Waals surface area contributed by atoms with Gasteiger partial charge in [0.05, 0.1) is 20.2 Å². The van der Waals surface area contributed by atoms with Gasteiger partial charge in [0, 0.05) is 39.3 Å². The zero-order valence-corrected chi connectivity index (χ0v) is 17.5. The van der Waals surface area contributed by atoms with Crippen molar-refractivity contribution in [2.24, 2.45) is 0 Å². The van der Waals surface area contributed by atoms with Gasteiger partial charge in [-0.25, -0.2) is 0 Å². The minimum atomic E-state index is 0.252. The Hall–Kier alpha value is -2.65. The van der Waals surface area contributed by atoms with E-state index in [0.29, 0.717) is 24.8 Å². The van der Waals surface area contributed by atoms with Crippen molar-refractivity contribution < 1.29 is 18.8 Å².